The van der Waals surface area contributed by atoms with Crippen LogP contribution in [0.25, 0.3) is 0 Å². The van der Waals surface area contributed by atoms with Crippen molar-refractivity contribution in [3.05, 3.63) is 63.4 Å². The summed E-state index contributed by atoms with van der Waals surface area (Å²) in [5, 5.41) is 19.3. The highest BCUT2D eigenvalue weighted by Crippen LogP contribution is 2.52. The number of hydrogen-bond acceptors (Lipinski definition) is 4. The molecule has 33 heavy (non-hydrogen) atoms. The second-order valence-corrected chi connectivity index (χ2v) is 9.95. The van der Waals surface area contributed by atoms with Crippen LogP contribution in [0.3, 0.4) is 0 Å². The molecule has 0 radical (unpaired) electrons. The average Bonchev–Trinajstić information content (AvgIpc) is 3.30. The Bertz CT molecular complexity index is 1120. The van der Waals surface area contributed by atoms with Gasteiger partial charge in [-0.15, -0.1) is 0 Å². The molecule has 2 aliphatic heterocycles. The molecule has 2 heterocycles. The molecule has 1 saturated heterocycles. The molecule has 2 fully saturated rings. The highest BCUT2D eigenvalue weighted by Gasteiger charge is 2.61. The molecule has 1 aliphatic carbocycles. The zero-order valence-electron chi connectivity index (χ0n) is 17.7. The van der Waals surface area contributed by atoms with Crippen LogP contribution in [-0.4, -0.2) is 41.7 Å². The fourth-order valence-electron chi connectivity index (χ4n) is 5.59. The number of carbonyl (C=O) groups excluding carboxylic acids is 2. The van der Waals surface area contributed by atoms with E-state index in [-0.39, 0.29) is 41.1 Å². The number of aliphatic hydroxyl groups excluding tert-OH is 1. The maximum absolute atomic E-state index is 15.3. The van der Waals surface area contributed by atoms with Crippen LogP contribution in [-0.2, 0) is 15.0 Å². The van der Waals surface area contributed by atoms with Crippen molar-refractivity contribution in [2.45, 2.75) is 55.2 Å². The number of aliphatic hydroxyl groups is 1. The second-order valence-electron chi connectivity index (χ2n) is 9.11. The van der Waals surface area contributed by atoms with Gasteiger partial charge in [-0.1, -0.05) is 41.4 Å². The van der Waals surface area contributed by atoms with E-state index in [0.717, 1.165) is 0 Å². The van der Waals surface area contributed by atoms with Crippen molar-refractivity contribution in [3.63, 3.8) is 0 Å². The SMILES string of the molecule is O=C(NC1CCC(O)CC1)C1NCC2(C(=O)Nc3cc(Cl)ccc32)C1c1cccc(Cl)c1F. The number of rotatable bonds is 3. The van der Waals surface area contributed by atoms with Crippen molar-refractivity contribution in [3.8, 4) is 0 Å². The van der Waals surface area contributed by atoms with E-state index in [4.69, 9.17) is 23.2 Å². The Morgan fingerprint density at radius 2 is 1.91 bits per heavy atom. The van der Waals surface area contributed by atoms with E-state index in [1.165, 1.54) is 6.07 Å². The van der Waals surface area contributed by atoms with Crippen LogP contribution in [0.2, 0.25) is 10.0 Å². The molecule has 1 saturated carbocycles. The standard InChI is InChI=1S/C24H24Cl2FN3O3/c25-12-4-9-16-18(10-12)30-23(33)24(16)11-28-21(19(24)15-2-1-3-17(26)20(15)27)22(32)29-13-5-7-14(31)8-6-13/h1-4,9-10,13-14,19,21,28,31H,5-8,11H2,(H,29,32)(H,30,33). The Labute approximate surface area is 200 Å². The summed E-state index contributed by atoms with van der Waals surface area (Å²) in [6.07, 6.45) is 2.24. The van der Waals surface area contributed by atoms with E-state index in [1.54, 1.807) is 30.3 Å². The summed E-state index contributed by atoms with van der Waals surface area (Å²) in [6.45, 7) is 0.158. The van der Waals surface area contributed by atoms with Crippen molar-refractivity contribution < 1.29 is 19.1 Å². The number of nitrogens with one attached hydrogen (secondary N) is 3. The molecule has 9 heteroatoms. The highest BCUT2D eigenvalue weighted by atomic mass is 35.5. The summed E-state index contributed by atoms with van der Waals surface area (Å²) in [5.74, 6) is -2.07. The van der Waals surface area contributed by atoms with Crippen LogP contribution in [0.1, 0.15) is 42.7 Å². The molecule has 3 atom stereocenters. The van der Waals surface area contributed by atoms with Gasteiger partial charge in [0.1, 0.15) is 5.82 Å². The van der Waals surface area contributed by atoms with Crippen LogP contribution in [0.15, 0.2) is 36.4 Å². The minimum absolute atomic E-state index is 0.0651. The fourth-order valence-corrected chi connectivity index (χ4v) is 5.95. The quantitative estimate of drug-likeness (QED) is 0.528. The molecule has 5 rings (SSSR count). The van der Waals surface area contributed by atoms with Gasteiger partial charge in [-0.3, -0.25) is 9.59 Å². The van der Waals surface area contributed by atoms with E-state index >= 15 is 4.39 Å². The van der Waals surface area contributed by atoms with Gasteiger partial charge >= 0.3 is 0 Å². The van der Waals surface area contributed by atoms with Crippen LogP contribution < -0.4 is 16.0 Å². The number of carbonyl (C=O) groups is 2. The van der Waals surface area contributed by atoms with Gasteiger partial charge in [-0.2, -0.15) is 0 Å². The summed E-state index contributed by atoms with van der Waals surface area (Å²) in [5.41, 5.74) is 0.245. The molecule has 3 unspecified atom stereocenters. The molecule has 6 nitrogen and oxygen atoms in total. The predicted octanol–water partition coefficient (Wildman–Crippen LogP) is 3.50. The van der Waals surface area contributed by atoms with E-state index in [2.05, 4.69) is 16.0 Å². The van der Waals surface area contributed by atoms with Crippen LogP contribution in [0.4, 0.5) is 10.1 Å². The van der Waals surface area contributed by atoms with E-state index in [1.807, 2.05) is 0 Å². The van der Waals surface area contributed by atoms with Crippen LogP contribution >= 0.6 is 23.2 Å². The number of halogens is 3. The normalized spacial score (nSPS) is 30.8. The minimum atomic E-state index is -1.20. The second kappa shape index (κ2) is 8.55. The number of hydrogen-bond donors (Lipinski definition) is 4. The number of fused-ring (bicyclic) bond motifs is 2. The first-order chi connectivity index (χ1) is 15.8. The van der Waals surface area contributed by atoms with Crippen LogP contribution in [0.5, 0.6) is 0 Å². The van der Waals surface area contributed by atoms with Gasteiger partial charge in [0.05, 0.1) is 22.6 Å². The highest BCUT2D eigenvalue weighted by molar-refractivity contribution is 6.31. The minimum Gasteiger partial charge on any atom is -0.393 e. The maximum Gasteiger partial charge on any atom is 0.238 e. The molecule has 2 amide bonds. The predicted molar refractivity (Wildman–Crippen MR) is 124 cm³/mol. The Morgan fingerprint density at radius 3 is 2.67 bits per heavy atom. The van der Waals surface area contributed by atoms with Gasteiger partial charge in [-0.05, 0) is 55.0 Å². The fraction of sp³-hybridized carbons (Fsp3) is 0.417. The van der Waals surface area contributed by atoms with Crippen molar-refractivity contribution in [2.24, 2.45) is 0 Å². The van der Waals surface area contributed by atoms with Crippen molar-refractivity contribution in [1.29, 1.82) is 0 Å². The van der Waals surface area contributed by atoms with E-state index < -0.39 is 23.2 Å². The molecule has 2 aromatic carbocycles. The zero-order valence-corrected chi connectivity index (χ0v) is 19.2. The number of benzene rings is 2. The first-order valence-electron chi connectivity index (χ1n) is 11.1. The molecule has 174 valence electrons. The molecule has 3 aliphatic rings. The van der Waals surface area contributed by atoms with Crippen molar-refractivity contribution in [2.75, 3.05) is 11.9 Å². The molecule has 0 aromatic heterocycles. The lowest BCUT2D eigenvalue weighted by Gasteiger charge is -2.33. The molecule has 2 aromatic rings. The van der Waals surface area contributed by atoms with Gasteiger partial charge in [0, 0.05) is 29.2 Å². The van der Waals surface area contributed by atoms with Crippen LogP contribution in [0, 0.1) is 5.82 Å². The first kappa shape index (κ1) is 22.6. The Kier molecular flexibility index (Phi) is 5.85. The van der Waals surface area contributed by atoms with Crippen molar-refractivity contribution >= 4 is 40.7 Å². The lowest BCUT2D eigenvalue weighted by atomic mass is 9.68. The third-order valence-electron chi connectivity index (χ3n) is 7.22. The zero-order chi connectivity index (χ0) is 23.3. The summed E-state index contributed by atoms with van der Waals surface area (Å²) >= 11 is 12.2. The third-order valence-corrected chi connectivity index (χ3v) is 7.75. The molecular formula is C24H24Cl2FN3O3. The largest absolute Gasteiger partial charge is 0.393 e. The first-order valence-corrected chi connectivity index (χ1v) is 11.8. The lowest BCUT2D eigenvalue weighted by Crippen LogP contribution is -2.49. The van der Waals surface area contributed by atoms with Gasteiger partial charge in [0.15, 0.2) is 0 Å². The Balaban J connectivity index is 1.57. The number of anilines is 1. The van der Waals surface area contributed by atoms with Gasteiger partial charge in [-0.25, -0.2) is 4.39 Å². The smallest absolute Gasteiger partial charge is 0.238 e. The molecular weight excluding hydrogens is 468 g/mol. The third kappa shape index (κ3) is 3.71. The molecule has 0 bridgehead atoms. The lowest BCUT2D eigenvalue weighted by molar-refractivity contribution is -0.124. The number of amides is 2. The van der Waals surface area contributed by atoms with Gasteiger partial charge in [0.25, 0.3) is 0 Å². The monoisotopic (exact) mass is 491 g/mol. The summed E-state index contributed by atoms with van der Waals surface area (Å²) < 4.78 is 15.3. The summed E-state index contributed by atoms with van der Waals surface area (Å²) in [4.78, 5) is 26.9. The summed E-state index contributed by atoms with van der Waals surface area (Å²) in [6, 6.07) is 8.84. The van der Waals surface area contributed by atoms with Gasteiger partial charge in [0.2, 0.25) is 11.8 Å². The average molecular weight is 492 g/mol. The molecule has 4 N–H and O–H groups in total. The van der Waals surface area contributed by atoms with E-state index in [9.17, 15) is 14.7 Å². The topological polar surface area (TPSA) is 90.5 Å². The van der Waals surface area contributed by atoms with E-state index in [0.29, 0.717) is 42.0 Å². The van der Waals surface area contributed by atoms with Gasteiger partial charge < -0.3 is 21.1 Å². The Morgan fingerprint density at radius 1 is 1.15 bits per heavy atom. The molecule has 1 spiro atoms. The summed E-state index contributed by atoms with van der Waals surface area (Å²) in [7, 11) is 0. The maximum atomic E-state index is 15.3. The van der Waals surface area contributed by atoms with Crippen molar-refractivity contribution in [1.82, 2.24) is 10.6 Å². The Hall–Kier alpha value is -2.19.